The number of hydrogen-bond acceptors (Lipinski definition) is 2. The molecule has 0 radical (unpaired) electrons. The Balaban J connectivity index is 3.60. The normalized spacial score (nSPS) is 6.17. The highest BCUT2D eigenvalue weighted by atomic mass is 32.1. The minimum atomic E-state index is -1.18. The maximum atomic E-state index is 11.0. The van der Waals surface area contributed by atoms with E-state index in [0.29, 0.717) is 0 Å². The lowest BCUT2D eigenvalue weighted by atomic mass is 11.3. The molecule has 0 N–H and O–H groups in total. The Morgan fingerprint density at radius 3 is 2.50 bits per heavy atom. The molecule has 2 nitrogen and oxygen atoms in total. The number of nitrogens with zero attached hydrogens (tertiary/aromatic N) is 1. The van der Waals surface area contributed by atoms with E-state index in [0.717, 1.165) is 6.08 Å². The van der Waals surface area contributed by atoms with Crippen LogP contribution in [0.25, 0.3) is 0 Å². The number of carbonyl (C=O) groups excluding carboxylic acids is 1. The summed E-state index contributed by atoms with van der Waals surface area (Å²) in [6, 6.07) is 0. The highest BCUT2D eigenvalue weighted by molar-refractivity contribution is 7.80. The fraction of sp³-hybridized carbons (Fsp3) is 0. The van der Waals surface area contributed by atoms with Crippen molar-refractivity contribution in [2.45, 2.75) is 0 Å². The number of isocyanates is 1. The molecule has 0 saturated heterocycles. The van der Waals surface area contributed by atoms with Crippen molar-refractivity contribution in [2.75, 3.05) is 0 Å². The van der Waals surface area contributed by atoms with Gasteiger partial charge in [-0.1, -0.05) is 0 Å². The molecule has 6 heavy (non-hydrogen) atoms. The van der Waals surface area contributed by atoms with Crippen molar-refractivity contribution in [3.8, 4) is 0 Å². The quantitative estimate of drug-likeness (QED) is 0.148. The molecule has 0 aromatic heterocycles. The van der Waals surface area contributed by atoms with Crippen LogP contribution in [0.15, 0.2) is 4.99 Å². The van der Waals surface area contributed by atoms with Gasteiger partial charge in [0.25, 0.3) is 5.24 Å². The number of aliphatic imine (C=N–C) groups is 1. The largest absolute Gasteiger partial charge is 0.289 e. The van der Waals surface area contributed by atoms with Gasteiger partial charge in [-0.15, -0.1) is 4.99 Å². The minimum absolute atomic E-state index is 0.926. The van der Waals surface area contributed by atoms with Gasteiger partial charge in [0.1, 0.15) is 0 Å². The van der Waals surface area contributed by atoms with E-state index in [2.05, 4.69) is 17.2 Å². The molecule has 0 aliphatic carbocycles. The molecule has 0 unspecified atom stereocenters. The van der Waals surface area contributed by atoms with Gasteiger partial charge in [-0.25, -0.2) is 4.79 Å². The summed E-state index contributed by atoms with van der Waals surface area (Å²) in [5.74, 6) is 0. The fourth-order valence-electron chi connectivity index (χ4n) is 0.0359. The number of halogens is 1. The second-order valence-corrected chi connectivity index (χ2v) is 0.793. The summed E-state index contributed by atoms with van der Waals surface area (Å²) in [7, 11) is 0. The van der Waals surface area contributed by atoms with Gasteiger partial charge >= 0.3 is 0 Å². The van der Waals surface area contributed by atoms with Crippen molar-refractivity contribution >= 4 is 23.5 Å². The standard InChI is InChI=1S/C2FNOS/c3-2(6)4-1-5. The Bertz CT molecular complexity index is 106. The average molecular weight is 105 g/mol. The van der Waals surface area contributed by atoms with Crippen LogP contribution in [0.2, 0.25) is 0 Å². The maximum Gasteiger partial charge on any atom is 0.289 e. The monoisotopic (exact) mass is 105 g/mol. The van der Waals surface area contributed by atoms with Crippen LogP contribution < -0.4 is 0 Å². The van der Waals surface area contributed by atoms with Crippen molar-refractivity contribution < 1.29 is 9.18 Å². The second-order valence-electron chi connectivity index (χ2n) is 0.456. The van der Waals surface area contributed by atoms with E-state index in [1.807, 2.05) is 0 Å². The van der Waals surface area contributed by atoms with Crippen molar-refractivity contribution in [1.82, 2.24) is 0 Å². The van der Waals surface area contributed by atoms with Crippen molar-refractivity contribution in [3.05, 3.63) is 0 Å². The molecule has 0 amide bonds. The summed E-state index contributed by atoms with van der Waals surface area (Å²) in [5, 5.41) is -1.18. The zero-order chi connectivity index (χ0) is 4.99. The molecular formula is C2FNOS. The Kier molecular flexibility index (Phi) is 2.36. The lowest BCUT2D eigenvalue weighted by molar-refractivity contribution is 0.565. The van der Waals surface area contributed by atoms with Crippen LogP contribution in [0.4, 0.5) is 4.39 Å². The Morgan fingerprint density at radius 2 is 2.50 bits per heavy atom. The summed E-state index contributed by atoms with van der Waals surface area (Å²) in [4.78, 5) is 11.4. The number of hydrogen-bond donors (Lipinski definition) is 0. The number of thiocarbonyl (C=S) groups is 1. The van der Waals surface area contributed by atoms with Gasteiger partial charge < -0.3 is 0 Å². The highest BCUT2D eigenvalue weighted by Crippen LogP contribution is 1.74. The molecule has 0 saturated carbocycles. The van der Waals surface area contributed by atoms with Crippen LogP contribution in [0.3, 0.4) is 0 Å². The molecule has 32 valence electrons. The topological polar surface area (TPSA) is 29.4 Å². The smallest absolute Gasteiger partial charge is 0.211 e. The molecule has 0 aliphatic rings. The molecule has 4 heteroatoms. The van der Waals surface area contributed by atoms with Gasteiger partial charge in [0.05, 0.1) is 0 Å². The van der Waals surface area contributed by atoms with Crippen LogP contribution >= 0.6 is 12.2 Å². The van der Waals surface area contributed by atoms with Crippen molar-refractivity contribution in [2.24, 2.45) is 4.99 Å². The molecule has 0 bridgehead atoms. The van der Waals surface area contributed by atoms with Crippen LogP contribution in [0, 0.1) is 0 Å². The third-order valence-electron chi connectivity index (χ3n) is 0.134. The minimum Gasteiger partial charge on any atom is -0.211 e. The van der Waals surface area contributed by atoms with Gasteiger partial charge in [0.2, 0.25) is 6.08 Å². The van der Waals surface area contributed by atoms with E-state index in [-0.39, 0.29) is 0 Å². The van der Waals surface area contributed by atoms with Gasteiger partial charge in [-0.3, -0.25) is 0 Å². The first-order chi connectivity index (χ1) is 2.77. The highest BCUT2D eigenvalue weighted by Gasteiger charge is 1.76. The first-order valence-corrected chi connectivity index (χ1v) is 1.45. The third-order valence-corrected chi connectivity index (χ3v) is 0.225. The molecule has 0 fully saturated rings. The first kappa shape index (κ1) is 5.40. The fourth-order valence-corrected chi connectivity index (χ4v) is 0.0732. The van der Waals surface area contributed by atoms with E-state index in [9.17, 15) is 4.39 Å². The number of rotatable bonds is 0. The lowest BCUT2D eigenvalue weighted by Gasteiger charge is -1.60. The van der Waals surface area contributed by atoms with Crippen molar-refractivity contribution in [1.29, 1.82) is 0 Å². The van der Waals surface area contributed by atoms with Gasteiger partial charge in [-0.2, -0.15) is 4.39 Å². The van der Waals surface area contributed by atoms with E-state index in [1.165, 1.54) is 0 Å². The summed E-state index contributed by atoms with van der Waals surface area (Å²) in [6.07, 6.45) is 0.926. The molecule has 0 rings (SSSR count). The lowest BCUT2D eigenvalue weighted by Crippen LogP contribution is -1.68. The van der Waals surface area contributed by atoms with E-state index >= 15 is 0 Å². The Labute approximate surface area is 38.7 Å². The van der Waals surface area contributed by atoms with E-state index < -0.39 is 5.24 Å². The second kappa shape index (κ2) is 2.63. The van der Waals surface area contributed by atoms with Crippen LogP contribution in [0.1, 0.15) is 0 Å². The predicted octanol–water partition coefficient (Wildman–Crippen LogP) is 0.577. The molecule has 0 aromatic carbocycles. The SMILES string of the molecule is O=C=NC(F)=S. The van der Waals surface area contributed by atoms with Crippen LogP contribution in [-0.4, -0.2) is 11.3 Å². The summed E-state index contributed by atoms with van der Waals surface area (Å²) >= 11 is 3.70. The molecule has 0 heterocycles. The zero-order valence-electron chi connectivity index (χ0n) is 2.64. The third kappa shape index (κ3) is 3.40. The summed E-state index contributed by atoms with van der Waals surface area (Å²) in [6.45, 7) is 0. The molecular weight excluding hydrogens is 105 g/mol. The summed E-state index contributed by atoms with van der Waals surface area (Å²) in [5.41, 5.74) is 0. The predicted molar refractivity (Wildman–Crippen MR) is 21.8 cm³/mol. The van der Waals surface area contributed by atoms with Gasteiger partial charge in [0, 0.05) is 0 Å². The zero-order valence-corrected chi connectivity index (χ0v) is 3.46. The van der Waals surface area contributed by atoms with Gasteiger partial charge in [0.15, 0.2) is 0 Å². The molecule has 0 aromatic rings. The van der Waals surface area contributed by atoms with Gasteiger partial charge in [-0.05, 0) is 12.2 Å². The molecule has 0 aliphatic heterocycles. The van der Waals surface area contributed by atoms with E-state index in [4.69, 9.17) is 4.79 Å². The molecule has 0 atom stereocenters. The Morgan fingerprint density at radius 1 is 2.00 bits per heavy atom. The average Bonchev–Trinajstić information content (AvgIpc) is 1.35. The first-order valence-electron chi connectivity index (χ1n) is 1.04. The Hall–Kier alpha value is -0.600. The summed E-state index contributed by atoms with van der Waals surface area (Å²) < 4.78 is 11.0. The van der Waals surface area contributed by atoms with Crippen LogP contribution in [0.5, 0.6) is 0 Å². The van der Waals surface area contributed by atoms with Crippen LogP contribution in [-0.2, 0) is 4.79 Å². The van der Waals surface area contributed by atoms with Crippen molar-refractivity contribution in [3.63, 3.8) is 0 Å². The maximum absolute atomic E-state index is 11.0. The molecule has 0 spiro atoms. The van der Waals surface area contributed by atoms with E-state index in [1.54, 1.807) is 0 Å².